The van der Waals surface area contributed by atoms with Gasteiger partial charge in [-0.05, 0) is 67.8 Å². The van der Waals surface area contributed by atoms with Crippen molar-refractivity contribution in [2.75, 3.05) is 7.11 Å². The Morgan fingerprint density at radius 2 is 1.84 bits per heavy atom. The van der Waals surface area contributed by atoms with Crippen molar-refractivity contribution in [2.45, 2.75) is 33.7 Å². The molecule has 0 saturated heterocycles. The maximum Gasteiger partial charge on any atom is 0.279 e. The molecule has 3 rings (SSSR count). The fraction of sp³-hybridized carbons (Fsp3) is 0.300. The minimum atomic E-state index is -0.229. The number of methoxy groups -OCH3 is 1. The SMILES string of the molecule is CCCn1c(=NC(=O)c2ccc(OC)cc2)sc2cc(C)c(C)cc21. The van der Waals surface area contributed by atoms with Crippen molar-refractivity contribution in [3.63, 3.8) is 0 Å². The molecule has 1 aromatic heterocycles. The lowest BCUT2D eigenvalue weighted by molar-refractivity contribution is 0.0998. The summed E-state index contributed by atoms with van der Waals surface area (Å²) in [6.07, 6.45) is 0.989. The summed E-state index contributed by atoms with van der Waals surface area (Å²) in [6.45, 7) is 7.20. The van der Waals surface area contributed by atoms with Crippen LogP contribution in [-0.4, -0.2) is 17.6 Å². The average molecular weight is 354 g/mol. The molecule has 0 atom stereocenters. The van der Waals surface area contributed by atoms with E-state index in [1.807, 2.05) is 0 Å². The van der Waals surface area contributed by atoms with E-state index in [0.29, 0.717) is 5.56 Å². The highest BCUT2D eigenvalue weighted by Crippen LogP contribution is 2.22. The van der Waals surface area contributed by atoms with Crippen LogP contribution in [0.4, 0.5) is 0 Å². The molecule has 0 bridgehead atoms. The van der Waals surface area contributed by atoms with Crippen molar-refractivity contribution in [2.24, 2.45) is 4.99 Å². The molecule has 0 unspecified atom stereocenters. The number of aromatic nitrogens is 1. The summed E-state index contributed by atoms with van der Waals surface area (Å²) >= 11 is 1.57. The van der Waals surface area contributed by atoms with Gasteiger partial charge in [0, 0.05) is 12.1 Å². The normalized spacial score (nSPS) is 11.9. The Morgan fingerprint density at radius 3 is 2.48 bits per heavy atom. The van der Waals surface area contributed by atoms with Gasteiger partial charge in [0.05, 0.1) is 17.3 Å². The predicted molar refractivity (Wildman–Crippen MR) is 102 cm³/mol. The predicted octanol–water partition coefficient (Wildman–Crippen LogP) is 4.48. The van der Waals surface area contributed by atoms with Crippen molar-refractivity contribution in [1.29, 1.82) is 0 Å². The van der Waals surface area contributed by atoms with Crippen molar-refractivity contribution in [1.82, 2.24) is 4.57 Å². The van der Waals surface area contributed by atoms with Gasteiger partial charge >= 0.3 is 0 Å². The van der Waals surface area contributed by atoms with Gasteiger partial charge < -0.3 is 9.30 Å². The minimum absolute atomic E-state index is 0.229. The maximum absolute atomic E-state index is 12.6. The molecule has 0 aliphatic carbocycles. The first-order valence-electron chi connectivity index (χ1n) is 8.37. The van der Waals surface area contributed by atoms with E-state index in [0.717, 1.165) is 33.7 Å². The maximum atomic E-state index is 12.6. The Bertz CT molecular complexity index is 981. The molecule has 0 N–H and O–H groups in total. The Labute approximate surface area is 151 Å². The number of ether oxygens (including phenoxy) is 1. The van der Waals surface area contributed by atoms with Crippen LogP contribution >= 0.6 is 11.3 Å². The highest BCUT2D eigenvalue weighted by molar-refractivity contribution is 7.16. The highest BCUT2D eigenvalue weighted by atomic mass is 32.1. The number of thiazole rings is 1. The zero-order valence-electron chi connectivity index (χ0n) is 15.0. The molecule has 1 amide bonds. The third-order valence-corrected chi connectivity index (χ3v) is 5.32. The molecular weight excluding hydrogens is 332 g/mol. The molecule has 25 heavy (non-hydrogen) atoms. The van der Waals surface area contributed by atoms with Gasteiger partial charge in [0.15, 0.2) is 4.80 Å². The van der Waals surface area contributed by atoms with Crippen LogP contribution in [0.5, 0.6) is 5.75 Å². The van der Waals surface area contributed by atoms with Crippen LogP contribution in [-0.2, 0) is 6.54 Å². The summed E-state index contributed by atoms with van der Waals surface area (Å²) in [6, 6.07) is 11.4. The van der Waals surface area contributed by atoms with Crippen LogP contribution in [0.3, 0.4) is 0 Å². The molecule has 130 valence electrons. The Balaban J connectivity index is 2.10. The first-order valence-corrected chi connectivity index (χ1v) is 9.19. The molecule has 0 aliphatic heterocycles. The van der Waals surface area contributed by atoms with E-state index in [1.54, 1.807) is 42.7 Å². The Hall–Kier alpha value is -2.40. The van der Waals surface area contributed by atoms with Crippen molar-refractivity contribution in [3.8, 4) is 5.75 Å². The molecule has 2 aromatic carbocycles. The molecule has 0 aliphatic rings. The molecular formula is C20H22N2O2S. The van der Waals surface area contributed by atoms with Crippen LogP contribution in [0.25, 0.3) is 10.2 Å². The van der Waals surface area contributed by atoms with Gasteiger partial charge in [-0.1, -0.05) is 18.3 Å². The van der Waals surface area contributed by atoms with Crippen LogP contribution in [0, 0.1) is 13.8 Å². The fourth-order valence-corrected chi connectivity index (χ4v) is 3.87. The molecule has 3 aromatic rings. The lowest BCUT2D eigenvalue weighted by atomic mass is 10.1. The number of carbonyl (C=O) groups is 1. The summed E-state index contributed by atoms with van der Waals surface area (Å²) < 4.78 is 8.45. The van der Waals surface area contributed by atoms with Gasteiger partial charge in [-0.3, -0.25) is 4.79 Å². The van der Waals surface area contributed by atoms with E-state index in [2.05, 4.69) is 42.5 Å². The number of hydrogen-bond acceptors (Lipinski definition) is 3. The van der Waals surface area contributed by atoms with Crippen molar-refractivity contribution in [3.05, 3.63) is 57.9 Å². The molecule has 0 saturated carbocycles. The monoisotopic (exact) mass is 354 g/mol. The Kier molecular flexibility index (Phi) is 5.04. The third kappa shape index (κ3) is 3.51. The topological polar surface area (TPSA) is 43.6 Å². The molecule has 0 fully saturated rings. The number of nitrogens with zero attached hydrogens (tertiary/aromatic N) is 2. The Morgan fingerprint density at radius 1 is 1.16 bits per heavy atom. The second kappa shape index (κ2) is 7.23. The molecule has 1 heterocycles. The van der Waals surface area contributed by atoms with E-state index in [9.17, 15) is 4.79 Å². The van der Waals surface area contributed by atoms with E-state index in [1.165, 1.54) is 11.1 Å². The van der Waals surface area contributed by atoms with Gasteiger partial charge in [-0.25, -0.2) is 0 Å². The number of benzene rings is 2. The molecule has 4 nitrogen and oxygen atoms in total. The second-order valence-electron chi connectivity index (χ2n) is 6.09. The van der Waals surface area contributed by atoms with Crippen molar-refractivity contribution < 1.29 is 9.53 Å². The van der Waals surface area contributed by atoms with E-state index >= 15 is 0 Å². The smallest absolute Gasteiger partial charge is 0.279 e. The van der Waals surface area contributed by atoms with Crippen LogP contribution in [0.2, 0.25) is 0 Å². The molecule has 0 spiro atoms. The summed E-state index contributed by atoms with van der Waals surface area (Å²) in [5.74, 6) is 0.498. The van der Waals surface area contributed by atoms with Gasteiger partial charge in [-0.15, -0.1) is 0 Å². The lowest BCUT2D eigenvalue weighted by Gasteiger charge is -2.05. The summed E-state index contributed by atoms with van der Waals surface area (Å²) in [4.78, 5) is 17.7. The highest BCUT2D eigenvalue weighted by Gasteiger charge is 2.10. The zero-order chi connectivity index (χ0) is 18.0. The van der Waals surface area contributed by atoms with Crippen LogP contribution in [0.15, 0.2) is 41.4 Å². The fourth-order valence-electron chi connectivity index (χ4n) is 2.73. The minimum Gasteiger partial charge on any atom is -0.497 e. The quantitative estimate of drug-likeness (QED) is 0.693. The van der Waals surface area contributed by atoms with Gasteiger partial charge in [0.2, 0.25) is 0 Å². The van der Waals surface area contributed by atoms with Gasteiger partial charge in [-0.2, -0.15) is 4.99 Å². The standard InChI is InChI=1S/C20H22N2O2S/c1-5-10-22-17-11-13(2)14(3)12-18(17)25-20(22)21-19(23)15-6-8-16(24-4)9-7-15/h6-9,11-12H,5,10H2,1-4H3. The van der Waals surface area contributed by atoms with Crippen LogP contribution in [0.1, 0.15) is 34.8 Å². The van der Waals surface area contributed by atoms with Crippen LogP contribution < -0.4 is 9.54 Å². The van der Waals surface area contributed by atoms with Gasteiger partial charge in [0.1, 0.15) is 5.75 Å². The number of amides is 1. The van der Waals surface area contributed by atoms with Gasteiger partial charge in [0.25, 0.3) is 5.91 Å². The number of carbonyl (C=O) groups excluding carboxylic acids is 1. The second-order valence-corrected chi connectivity index (χ2v) is 7.10. The third-order valence-electron chi connectivity index (χ3n) is 4.28. The van der Waals surface area contributed by atoms with E-state index in [4.69, 9.17) is 4.74 Å². The summed E-state index contributed by atoms with van der Waals surface area (Å²) in [7, 11) is 1.61. The number of aryl methyl sites for hydroxylation is 3. The van der Waals surface area contributed by atoms with E-state index < -0.39 is 0 Å². The van der Waals surface area contributed by atoms with Crippen molar-refractivity contribution >= 4 is 27.5 Å². The largest absolute Gasteiger partial charge is 0.497 e. The number of rotatable bonds is 4. The first-order chi connectivity index (χ1) is 12.0. The molecule has 0 radical (unpaired) electrons. The average Bonchev–Trinajstić information content (AvgIpc) is 2.92. The zero-order valence-corrected chi connectivity index (χ0v) is 15.8. The lowest BCUT2D eigenvalue weighted by Crippen LogP contribution is -2.16. The first kappa shape index (κ1) is 17.4. The van der Waals surface area contributed by atoms with E-state index in [-0.39, 0.29) is 5.91 Å². The summed E-state index contributed by atoms with van der Waals surface area (Å²) in [5.41, 5.74) is 4.22. The summed E-state index contributed by atoms with van der Waals surface area (Å²) in [5, 5.41) is 0. The number of hydrogen-bond donors (Lipinski definition) is 0. The molecule has 5 heteroatoms. The number of fused-ring (bicyclic) bond motifs is 1.